The predicted molar refractivity (Wildman–Crippen MR) is 119 cm³/mol. The third-order valence-electron chi connectivity index (χ3n) is 6.21. The highest BCUT2D eigenvalue weighted by Crippen LogP contribution is 2.41. The van der Waals surface area contributed by atoms with Crippen LogP contribution in [-0.2, 0) is 9.16 Å². The van der Waals surface area contributed by atoms with Crippen molar-refractivity contribution in [3.63, 3.8) is 0 Å². The molecule has 3 heteroatoms. The zero-order chi connectivity index (χ0) is 20.2. The highest BCUT2D eigenvalue weighted by Gasteiger charge is 2.51. The van der Waals surface area contributed by atoms with Crippen LogP contribution in [0.25, 0.3) is 0 Å². The Morgan fingerprint density at radius 1 is 1.00 bits per heavy atom. The smallest absolute Gasteiger partial charge is 0.261 e. The summed E-state index contributed by atoms with van der Waals surface area (Å²) < 4.78 is 12.6. The van der Waals surface area contributed by atoms with Crippen molar-refractivity contribution >= 4 is 18.7 Å². The van der Waals surface area contributed by atoms with Crippen molar-refractivity contribution in [1.29, 1.82) is 0 Å². The normalized spacial score (nSPS) is 20.8. The molecule has 2 aromatic carbocycles. The van der Waals surface area contributed by atoms with Crippen LogP contribution in [0, 0.1) is 24.2 Å². The molecule has 2 aromatic rings. The fourth-order valence-electron chi connectivity index (χ4n) is 4.56. The summed E-state index contributed by atoms with van der Waals surface area (Å²) in [6.07, 6.45) is 7.85. The molecule has 3 atom stereocenters. The van der Waals surface area contributed by atoms with Gasteiger partial charge in [0.1, 0.15) is 6.10 Å². The summed E-state index contributed by atoms with van der Waals surface area (Å²) in [7, 11) is -0.760. The van der Waals surface area contributed by atoms with Crippen molar-refractivity contribution in [1.82, 2.24) is 0 Å². The Balaban J connectivity index is 1.97. The largest absolute Gasteiger partial charge is 0.407 e. The Kier molecular flexibility index (Phi) is 6.45. The summed E-state index contributed by atoms with van der Waals surface area (Å²) in [6.45, 7) is 7.68. The first-order valence-corrected chi connectivity index (χ1v) is 12.1. The Morgan fingerprint density at radius 3 is 1.89 bits per heavy atom. The van der Waals surface area contributed by atoms with Crippen molar-refractivity contribution in [2.75, 3.05) is 13.7 Å². The quantitative estimate of drug-likeness (QED) is 0.518. The maximum absolute atomic E-state index is 7.05. The topological polar surface area (TPSA) is 18.5 Å². The van der Waals surface area contributed by atoms with Gasteiger partial charge in [-0.1, -0.05) is 87.4 Å². The molecule has 0 aromatic heterocycles. The lowest BCUT2D eigenvalue weighted by molar-refractivity contribution is -0.00385. The molecule has 0 spiro atoms. The molecule has 148 valence electrons. The standard InChI is InChI=1S/C25H32O2Si/c1-6-24(26-5)23-18-17-20(23)19-27-28(25(2,3)4,21-13-9-7-10-14-21)22-15-11-8-12-16-22/h1,7-16,20,23-24H,17-19H2,2-5H3/t20-,23+,24-/m0/s1. The molecule has 0 radical (unpaired) electrons. The lowest BCUT2D eigenvalue weighted by atomic mass is 9.71. The van der Waals surface area contributed by atoms with Gasteiger partial charge in [-0.05, 0) is 34.2 Å². The van der Waals surface area contributed by atoms with Crippen LogP contribution in [0.3, 0.4) is 0 Å². The summed E-state index contributed by atoms with van der Waals surface area (Å²) in [5.41, 5.74) is 0. The molecule has 1 aliphatic carbocycles. The lowest BCUT2D eigenvalue weighted by Gasteiger charge is -2.46. The van der Waals surface area contributed by atoms with Crippen molar-refractivity contribution in [3.05, 3.63) is 60.7 Å². The number of ether oxygens (including phenoxy) is 1. The van der Waals surface area contributed by atoms with Gasteiger partial charge in [-0.25, -0.2) is 0 Å². The monoisotopic (exact) mass is 392 g/mol. The van der Waals surface area contributed by atoms with Gasteiger partial charge in [0, 0.05) is 19.6 Å². The van der Waals surface area contributed by atoms with Gasteiger partial charge in [-0.15, -0.1) is 6.42 Å². The third kappa shape index (κ3) is 3.82. The van der Waals surface area contributed by atoms with E-state index in [0.717, 1.165) is 19.4 Å². The minimum absolute atomic E-state index is 0.00171. The van der Waals surface area contributed by atoms with Crippen molar-refractivity contribution in [2.24, 2.45) is 11.8 Å². The van der Waals surface area contributed by atoms with Gasteiger partial charge in [-0.3, -0.25) is 0 Å². The zero-order valence-electron chi connectivity index (χ0n) is 17.5. The fourth-order valence-corrected chi connectivity index (χ4v) is 9.18. The molecule has 3 rings (SSSR count). The minimum Gasteiger partial charge on any atom is -0.407 e. The molecule has 1 saturated carbocycles. The van der Waals surface area contributed by atoms with Gasteiger partial charge in [-0.2, -0.15) is 0 Å². The van der Waals surface area contributed by atoms with Crippen molar-refractivity contribution in [3.8, 4) is 12.3 Å². The molecule has 2 nitrogen and oxygen atoms in total. The first-order valence-electron chi connectivity index (χ1n) is 10.2. The van der Waals surface area contributed by atoms with Gasteiger partial charge in [0.2, 0.25) is 0 Å². The van der Waals surface area contributed by atoms with Gasteiger partial charge < -0.3 is 9.16 Å². The Bertz CT molecular complexity index is 749. The molecular formula is C25H32O2Si. The second kappa shape index (κ2) is 8.65. The minimum atomic E-state index is -2.47. The number of methoxy groups -OCH3 is 1. The summed E-state index contributed by atoms with van der Waals surface area (Å²) >= 11 is 0. The van der Waals surface area contributed by atoms with E-state index in [1.54, 1.807) is 7.11 Å². The van der Waals surface area contributed by atoms with E-state index in [9.17, 15) is 0 Å². The van der Waals surface area contributed by atoms with Crippen LogP contribution in [-0.4, -0.2) is 28.1 Å². The zero-order valence-corrected chi connectivity index (χ0v) is 18.5. The van der Waals surface area contributed by atoms with Gasteiger partial charge >= 0.3 is 0 Å². The van der Waals surface area contributed by atoms with Crippen LogP contribution >= 0.6 is 0 Å². The van der Waals surface area contributed by atoms with Gasteiger partial charge in [0.05, 0.1) is 0 Å². The van der Waals surface area contributed by atoms with E-state index >= 15 is 0 Å². The highest BCUT2D eigenvalue weighted by molar-refractivity contribution is 6.99. The van der Waals surface area contributed by atoms with E-state index in [2.05, 4.69) is 87.4 Å². The van der Waals surface area contributed by atoms with Crippen LogP contribution in [0.5, 0.6) is 0 Å². The fraction of sp³-hybridized carbons (Fsp3) is 0.440. The van der Waals surface area contributed by atoms with E-state index < -0.39 is 8.32 Å². The van der Waals surface area contributed by atoms with E-state index in [1.807, 2.05) is 0 Å². The van der Waals surface area contributed by atoms with Crippen LogP contribution < -0.4 is 10.4 Å². The van der Waals surface area contributed by atoms with Crippen molar-refractivity contribution < 1.29 is 9.16 Å². The number of hydrogen-bond donors (Lipinski definition) is 0. The SMILES string of the molecule is C#C[C@H](OC)[C@@H]1CC[C@H]1CO[Si](c1ccccc1)(c1ccccc1)C(C)(C)C. The average molecular weight is 393 g/mol. The summed E-state index contributed by atoms with van der Waals surface area (Å²) in [4.78, 5) is 0. The Morgan fingerprint density at radius 2 is 1.54 bits per heavy atom. The van der Waals surface area contributed by atoms with E-state index in [1.165, 1.54) is 10.4 Å². The first-order chi connectivity index (χ1) is 13.4. The van der Waals surface area contributed by atoms with Gasteiger partial charge in [0.25, 0.3) is 8.32 Å². The molecule has 1 aliphatic rings. The van der Waals surface area contributed by atoms with Crippen LogP contribution in [0.1, 0.15) is 33.6 Å². The summed E-state index contributed by atoms with van der Waals surface area (Å²) in [6, 6.07) is 21.6. The maximum atomic E-state index is 7.05. The van der Waals surface area contributed by atoms with Crippen LogP contribution in [0.2, 0.25) is 5.04 Å². The van der Waals surface area contributed by atoms with Crippen LogP contribution in [0.15, 0.2) is 60.7 Å². The summed E-state index contributed by atoms with van der Waals surface area (Å²) in [5, 5.41) is 2.65. The molecule has 0 unspecified atom stereocenters. The number of benzene rings is 2. The van der Waals surface area contributed by atoms with E-state index in [4.69, 9.17) is 15.6 Å². The van der Waals surface area contributed by atoms with E-state index in [0.29, 0.717) is 11.8 Å². The number of terminal acetylenes is 1. The predicted octanol–water partition coefficient (Wildman–Crippen LogP) is 4.24. The Labute approximate surface area is 171 Å². The number of rotatable bonds is 7. The molecule has 0 aliphatic heterocycles. The van der Waals surface area contributed by atoms with E-state index in [-0.39, 0.29) is 11.1 Å². The molecular weight excluding hydrogens is 360 g/mol. The molecule has 0 heterocycles. The summed E-state index contributed by atoms with van der Waals surface area (Å²) in [5.74, 6) is 3.67. The second-order valence-corrected chi connectivity index (χ2v) is 13.1. The first kappa shape index (κ1) is 20.9. The number of hydrogen-bond acceptors (Lipinski definition) is 2. The molecule has 28 heavy (non-hydrogen) atoms. The van der Waals surface area contributed by atoms with Crippen LogP contribution in [0.4, 0.5) is 0 Å². The molecule has 0 saturated heterocycles. The molecule has 0 N–H and O–H groups in total. The molecule has 0 amide bonds. The lowest BCUT2D eigenvalue weighted by Crippen LogP contribution is -2.67. The highest BCUT2D eigenvalue weighted by atomic mass is 28.4. The molecule has 0 bridgehead atoms. The third-order valence-corrected chi connectivity index (χ3v) is 11.2. The maximum Gasteiger partial charge on any atom is 0.261 e. The molecule has 1 fully saturated rings. The van der Waals surface area contributed by atoms with Gasteiger partial charge in [0.15, 0.2) is 0 Å². The second-order valence-electron chi connectivity index (χ2n) is 8.80. The van der Waals surface area contributed by atoms with Crippen molar-refractivity contribution in [2.45, 2.75) is 44.8 Å². The Hall–Kier alpha value is -1.86. The average Bonchev–Trinajstić information content (AvgIpc) is 2.68.